The summed E-state index contributed by atoms with van der Waals surface area (Å²) in [6.07, 6.45) is 3.58. The van der Waals surface area contributed by atoms with Crippen LogP contribution in [0.4, 0.5) is 11.5 Å². The fourth-order valence-electron chi connectivity index (χ4n) is 4.56. The van der Waals surface area contributed by atoms with Crippen LogP contribution in [0.5, 0.6) is 11.5 Å². The first kappa shape index (κ1) is 30.3. The van der Waals surface area contributed by atoms with Crippen LogP contribution in [-0.2, 0) is 10.0 Å². The number of halogens is 2. The number of hydrogen-bond donors (Lipinski definition) is 2. The minimum atomic E-state index is -3.29. The first-order chi connectivity index (χ1) is 19.3. The fourth-order valence-corrected chi connectivity index (χ4v) is 6.04. The average Bonchev–Trinajstić information content (AvgIpc) is 2.94. The van der Waals surface area contributed by atoms with Gasteiger partial charge in [-0.3, -0.25) is 10.4 Å². The lowest BCUT2D eigenvalue weighted by Gasteiger charge is -2.34. The third-order valence-corrected chi connectivity index (χ3v) is 8.86. The van der Waals surface area contributed by atoms with Gasteiger partial charge < -0.3 is 20.1 Å². The van der Waals surface area contributed by atoms with E-state index in [1.54, 1.807) is 32.0 Å². The number of sulfonamides is 1. The van der Waals surface area contributed by atoms with Gasteiger partial charge in [0.1, 0.15) is 18.0 Å². The number of aromatic nitrogens is 2. The smallest absolute Gasteiger partial charge is 0.211 e. The van der Waals surface area contributed by atoms with Crippen molar-refractivity contribution in [3.05, 3.63) is 68.6 Å². The number of nitrogen functional groups attached to an aromatic ring is 1. The van der Waals surface area contributed by atoms with Crippen LogP contribution in [0.25, 0.3) is 0 Å². The fraction of sp³-hybridized carbons (Fsp3) is 0.333. The van der Waals surface area contributed by atoms with Gasteiger partial charge in [-0.2, -0.15) is 9.57 Å². The summed E-state index contributed by atoms with van der Waals surface area (Å²) >= 11 is 12.8. The largest absolute Gasteiger partial charge is 0.493 e. The molecule has 4 rings (SSSR count). The summed E-state index contributed by atoms with van der Waals surface area (Å²) in [5.41, 5.74) is 8.73. The Hall–Kier alpha value is -3.63. The number of piperazine rings is 1. The standard InChI is InChI=1S/C27H29Cl2N7O4S/c1-15-25(29)24(20(28)14-33-15)16(2)40-23-10-19(21(31)11-22(23)39-3)26(32)18-9-17(12-30)27(34-13-18)35-5-7-36(8-6-35)41(4,37)38/h9-11,13-14,16,32H,5-8,31H2,1-4H3/t16-/m1/s1. The first-order valence-electron chi connectivity index (χ1n) is 12.5. The Kier molecular flexibility index (Phi) is 8.94. The van der Waals surface area contributed by atoms with Crippen LogP contribution in [0.15, 0.2) is 30.6 Å². The van der Waals surface area contributed by atoms with Crippen molar-refractivity contribution >= 4 is 50.4 Å². The zero-order valence-corrected chi connectivity index (χ0v) is 25.2. The van der Waals surface area contributed by atoms with Crippen molar-refractivity contribution in [2.24, 2.45) is 0 Å². The Morgan fingerprint density at radius 1 is 1.15 bits per heavy atom. The van der Waals surface area contributed by atoms with E-state index in [1.165, 1.54) is 30.1 Å². The summed E-state index contributed by atoms with van der Waals surface area (Å²) < 4.78 is 36.8. The second kappa shape index (κ2) is 12.1. The maximum Gasteiger partial charge on any atom is 0.211 e. The molecule has 3 heterocycles. The summed E-state index contributed by atoms with van der Waals surface area (Å²) in [6, 6.07) is 6.86. The van der Waals surface area contributed by atoms with Crippen LogP contribution >= 0.6 is 23.2 Å². The van der Waals surface area contributed by atoms with Gasteiger partial charge in [-0.15, -0.1) is 0 Å². The lowest BCUT2D eigenvalue weighted by Crippen LogP contribution is -2.48. The Morgan fingerprint density at radius 2 is 1.83 bits per heavy atom. The monoisotopic (exact) mass is 617 g/mol. The van der Waals surface area contributed by atoms with Crippen LogP contribution in [0.2, 0.25) is 10.0 Å². The van der Waals surface area contributed by atoms with Crippen molar-refractivity contribution in [2.75, 3.05) is 50.2 Å². The molecule has 0 unspecified atom stereocenters. The van der Waals surface area contributed by atoms with Gasteiger partial charge in [-0.1, -0.05) is 23.2 Å². The molecule has 3 N–H and O–H groups in total. The van der Waals surface area contributed by atoms with Gasteiger partial charge in [-0.05, 0) is 26.0 Å². The van der Waals surface area contributed by atoms with Crippen LogP contribution in [0.1, 0.15) is 41.0 Å². The number of rotatable bonds is 8. The molecule has 0 spiro atoms. The highest BCUT2D eigenvalue weighted by Gasteiger charge is 2.26. The molecule has 1 fully saturated rings. The molecule has 0 aliphatic carbocycles. The van der Waals surface area contributed by atoms with Gasteiger partial charge in [0.25, 0.3) is 0 Å². The molecule has 216 valence electrons. The molecule has 11 nitrogen and oxygen atoms in total. The highest BCUT2D eigenvalue weighted by atomic mass is 35.5. The Labute approximate surface area is 249 Å². The average molecular weight is 619 g/mol. The number of nitrogens with zero attached hydrogens (tertiary/aromatic N) is 5. The van der Waals surface area contributed by atoms with E-state index in [0.29, 0.717) is 75.9 Å². The van der Waals surface area contributed by atoms with Gasteiger partial charge >= 0.3 is 0 Å². The molecule has 3 aromatic rings. The zero-order valence-electron chi connectivity index (χ0n) is 22.9. The lowest BCUT2D eigenvalue weighted by atomic mass is 10.00. The molecule has 41 heavy (non-hydrogen) atoms. The third kappa shape index (κ3) is 6.33. The topological polar surface area (TPSA) is 159 Å². The molecule has 0 radical (unpaired) electrons. The van der Waals surface area contributed by atoms with Crippen molar-refractivity contribution in [2.45, 2.75) is 20.0 Å². The van der Waals surface area contributed by atoms with Crippen molar-refractivity contribution in [1.82, 2.24) is 14.3 Å². The van der Waals surface area contributed by atoms with E-state index < -0.39 is 16.1 Å². The second-order valence-corrected chi connectivity index (χ2v) is 12.3. The third-order valence-electron chi connectivity index (χ3n) is 6.78. The maximum absolute atomic E-state index is 11.8. The summed E-state index contributed by atoms with van der Waals surface area (Å²) in [6.45, 7) is 4.92. The van der Waals surface area contributed by atoms with Crippen molar-refractivity contribution in [3.8, 4) is 17.6 Å². The molecule has 14 heteroatoms. The van der Waals surface area contributed by atoms with Gasteiger partial charge in [0.15, 0.2) is 11.5 Å². The Bertz CT molecular complexity index is 1650. The van der Waals surface area contributed by atoms with Gasteiger partial charge in [-0.25, -0.2) is 13.4 Å². The normalized spacial score (nSPS) is 14.8. The van der Waals surface area contributed by atoms with Crippen LogP contribution in [0.3, 0.4) is 0 Å². The minimum Gasteiger partial charge on any atom is -0.493 e. The Balaban J connectivity index is 1.63. The van der Waals surface area contributed by atoms with Gasteiger partial charge in [0.2, 0.25) is 10.0 Å². The highest BCUT2D eigenvalue weighted by Crippen LogP contribution is 2.39. The van der Waals surface area contributed by atoms with E-state index in [0.717, 1.165) is 0 Å². The molecule has 1 aliphatic heterocycles. The van der Waals surface area contributed by atoms with E-state index in [-0.39, 0.29) is 17.0 Å². The van der Waals surface area contributed by atoms with Crippen LogP contribution < -0.4 is 20.1 Å². The second-order valence-electron chi connectivity index (χ2n) is 9.50. The van der Waals surface area contributed by atoms with Crippen molar-refractivity contribution < 1.29 is 17.9 Å². The number of pyridine rings is 2. The van der Waals surface area contributed by atoms with E-state index in [2.05, 4.69) is 16.0 Å². The van der Waals surface area contributed by atoms with E-state index in [1.807, 2.05) is 4.90 Å². The van der Waals surface area contributed by atoms with Crippen molar-refractivity contribution in [1.29, 1.82) is 10.7 Å². The molecule has 0 bridgehead atoms. The number of nitrogens with one attached hydrogen (secondary N) is 1. The lowest BCUT2D eigenvalue weighted by molar-refractivity contribution is 0.216. The summed E-state index contributed by atoms with van der Waals surface area (Å²) in [4.78, 5) is 10.5. The van der Waals surface area contributed by atoms with E-state index in [9.17, 15) is 13.7 Å². The molecule has 1 aliphatic rings. The van der Waals surface area contributed by atoms with Gasteiger partial charge in [0, 0.05) is 67.0 Å². The molecule has 1 atom stereocenters. The predicted octanol–water partition coefficient (Wildman–Crippen LogP) is 4.19. The summed E-state index contributed by atoms with van der Waals surface area (Å²) in [5, 5.41) is 19.5. The van der Waals surface area contributed by atoms with Crippen LogP contribution in [0, 0.1) is 23.7 Å². The van der Waals surface area contributed by atoms with Crippen molar-refractivity contribution in [3.63, 3.8) is 0 Å². The van der Waals surface area contributed by atoms with Crippen LogP contribution in [-0.4, -0.2) is 67.9 Å². The summed E-state index contributed by atoms with van der Waals surface area (Å²) in [5.74, 6) is 1.09. The van der Waals surface area contributed by atoms with E-state index >= 15 is 0 Å². The maximum atomic E-state index is 11.8. The Morgan fingerprint density at radius 3 is 2.44 bits per heavy atom. The number of nitriles is 1. The first-order valence-corrected chi connectivity index (χ1v) is 15.1. The number of ether oxygens (including phenoxy) is 2. The number of hydrogen-bond acceptors (Lipinski definition) is 10. The SMILES string of the molecule is COc1cc(N)c(C(=N)c2cnc(N3CCN(S(C)(=O)=O)CC3)c(C#N)c2)cc1O[C@H](C)c1c(Cl)cnc(C)c1Cl. The zero-order chi connectivity index (χ0) is 30.1. The van der Waals surface area contributed by atoms with E-state index in [4.69, 9.17) is 43.8 Å². The minimum absolute atomic E-state index is 0.0240. The van der Waals surface area contributed by atoms with Gasteiger partial charge in [0.05, 0.1) is 40.4 Å². The number of aryl methyl sites for hydroxylation is 1. The molecular formula is C27H29Cl2N7O4S. The molecular weight excluding hydrogens is 589 g/mol. The quantitative estimate of drug-likeness (QED) is 0.279. The molecule has 2 aromatic heterocycles. The number of anilines is 2. The highest BCUT2D eigenvalue weighted by molar-refractivity contribution is 7.88. The molecule has 1 saturated heterocycles. The number of nitrogens with two attached hydrogens (primary N) is 1. The molecule has 0 saturated carbocycles. The molecule has 1 aromatic carbocycles. The number of benzene rings is 1. The molecule has 0 amide bonds. The predicted molar refractivity (Wildman–Crippen MR) is 159 cm³/mol. The summed E-state index contributed by atoms with van der Waals surface area (Å²) in [7, 11) is -1.81. The number of methoxy groups -OCH3 is 1.